The summed E-state index contributed by atoms with van der Waals surface area (Å²) >= 11 is 1.53. The van der Waals surface area contributed by atoms with Crippen LogP contribution in [0.3, 0.4) is 0 Å². The summed E-state index contributed by atoms with van der Waals surface area (Å²) in [7, 11) is 0. The standard InChI is InChI=1S/C20H26N2O3S/c1-14(2)13-25-17-8-6-16(7-9-17)12-21-20(24)11-18(22-15(3)23)19-5-4-10-26-19/h4-10,14,18H,11-13H2,1-3H3,(H,21,24)(H,22,23). The maximum atomic E-state index is 12.3. The molecule has 2 rings (SSSR count). The van der Waals surface area contributed by atoms with Crippen LogP contribution in [0.4, 0.5) is 0 Å². The summed E-state index contributed by atoms with van der Waals surface area (Å²) in [5.41, 5.74) is 1.00. The molecule has 0 aliphatic rings. The van der Waals surface area contributed by atoms with Crippen LogP contribution < -0.4 is 15.4 Å². The van der Waals surface area contributed by atoms with Crippen molar-refractivity contribution < 1.29 is 14.3 Å². The van der Waals surface area contributed by atoms with Crippen LogP contribution in [0.5, 0.6) is 5.75 Å². The second kappa shape index (κ2) is 9.97. The van der Waals surface area contributed by atoms with Crippen molar-refractivity contribution in [3.8, 4) is 5.75 Å². The molecule has 2 amide bonds. The van der Waals surface area contributed by atoms with Gasteiger partial charge in [0.25, 0.3) is 0 Å². The number of benzene rings is 1. The number of thiophene rings is 1. The van der Waals surface area contributed by atoms with Gasteiger partial charge in [-0.25, -0.2) is 0 Å². The quantitative estimate of drug-likeness (QED) is 0.704. The number of amides is 2. The normalized spacial score (nSPS) is 11.8. The summed E-state index contributed by atoms with van der Waals surface area (Å²) in [5, 5.41) is 7.68. The highest BCUT2D eigenvalue weighted by Crippen LogP contribution is 2.22. The third kappa shape index (κ3) is 6.88. The van der Waals surface area contributed by atoms with E-state index in [0.29, 0.717) is 19.1 Å². The lowest BCUT2D eigenvalue weighted by Crippen LogP contribution is -2.32. The second-order valence-electron chi connectivity index (χ2n) is 6.60. The summed E-state index contributed by atoms with van der Waals surface area (Å²) in [6, 6.07) is 11.3. The van der Waals surface area contributed by atoms with Gasteiger partial charge < -0.3 is 15.4 Å². The maximum Gasteiger partial charge on any atom is 0.222 e. The molecule has 26 heavy (non-hydrogen) atoms. The van der Waals surface area contributed by atoms with Crippen LogP contribution >= 0.6 is 11.3 Å². The fourth-order valence-corrected chi connectivity index (χ4v) is 3.16. The number of carbonyl (C=O) groups excluding carboxylic acids is 2. The molecule has 0 aliphatic heterocycles. The van der Waals surface area contributed by atoms with E-state index in [9.17, 15) is 9.59 Å². The molecule has 0 spiro atoms. The number of ether oxygens (including phenoxy) is 1. The first-order chi connectivity index (χ1) is 12.4. The minimum atomic E-state index is -0.292. The predicted molar refractivity (Wildman–Crippen MR) is 104 cm³/mol. The van der Waals surface area contributed by atoms with Crippen molar-refractivity contribution in [3.05, 3.63) is 52.2 Å². The molecule has 0 radical (unpaired) electrons. The number of carbonyl (C=O) groups is 2. The second-order valence-corrected chi connectivity index (χ2v) is 7.58. The molecule has 0 aliphatic carbocycles. The molecular formula is C20H26N2O3S. The third-order valence-electron chi connectivity index (χ3n) is 3.65. The van der Waals surface area contributed by atoms with E-state index in [1.807, 2.05) is 41.8 Å². The molecule has 2 aromatic rings. The first kappa shape index (κ1) is 20.0. The van der Waals surface area contributed by atoms with E-state index in [1.165, 1.54) is 18.3 Å². The summed E-state index contributed by atoms with van der Waals surface area (Å²) < 4.78 is 5.65. The zero-order valence-electron chi connectivity index (χ0n) is 15.5. The van der Waals surface area contributed by atoms with Crippen LogP contribution in [0.2, 0.25) is 0 Å². The van der Waals surface area contributed by atoms with Crippen LogP contribution in [-0.2, 0) is 16.1 Å². The predicted octanol–water partition coefficient (Wildman–Crippen LogP) is 3.67. The third-order valence-corrected chi connectivity index (χ3v) is 4.64. The lowest BCUT2D eigenvalue weighted by molar-refractivity contribution is -0.122. The van der Waals surface area contributed by atoms with Crippen LogP contribution in [0.15, 0.2) is 41.8 Å². The smallest absolute Gasteiger partial charge is 0.222 e. The van der Waals surface area contributed by atoms with Crippen LogP contribution in [0.25, 0.3) is 0 Å². The van der Waals surface area contributed by atoms with E-state index in [1.54, 1.807) is 0 Å². The minimum Gasteiger partial charge on any atom is -0.493 e. The molecule has 0 fully saturated rings. The Hall–Kier alpha value is -2.34. The maximum absolute atomic E-state index is 12.3. The van der Waals surface area contributed by atoms with Gasteiger partial charge in [0.05, 0.1) is 19.1 Å². The average Bonchev–Trinajstić information content (AvgIpc) is 3.12. The van der Waals surface area contributed by atoms with Crippen LogP contribution in [-0.4, -0.2) is 18.4 Å². The van der Waals surface area contributed by atoms with Crippen molar-refractivity contribution in [1.82, 2.24) is 10.6 Å². The van der Waals surface area contributed by atoms with Crippen molar-refractivity contribution in [2.75, 3.05) is 6.61 Å². The van der Waals surface area contributed by atoms with Gasteiger partial charge in [-0.05, 0) is 35.1 Å². The Morgan fingerprint density at radius 1 is 1.15 bits per heavy atom. The Bertz CT molecular complexity index is 696. The van der Waals surface area contributed by atoms with Crippen LogP contribution in [0, 0.1) is 5.92 Å². The molecule has 1 unspecified atom stereocenters. The molecule has 1 aromatic heterocycles. The topological polar surface area (TPSA) is 67.4 Å². The fraction of sp³-hybridized carbons (Fsp3) is 0.400. The van der Waals surface area contributed by atoms with E-state index in [-0.39, 0.29) is 24.3 Å². The first-order valence-electron chi connectivity index (χ1n) is 8.73. The molecule has 6 heteroatoms. The Labute approximate surface area is 158 Å². The fourth-order valence-electron chi connectivity index (χ4n) is 2.38. The Morgan fingerprint density at radius 3 is 2.46 bits per heavy atom. The van der Waals surface area contributed by atoms with Gasteiger partial charge in [-0.15, -0.1) is 11.3 Å². The monoisotopic (exact) mass is 374 g/mol. The summed E-state index contributed by atoms with van der Waals surface area (Å²) in [4.78, 5) is 24.6. The van der Waals surface area contributed by atoms with Gasteiger partial charge in [0.15, 0.2) is 0 Å². The molecule has 2 N–H and O–H groups in total. The van der Waals surface area contributed by atoms with Crippen molar-refractivity contribution in [2.24, 2.45) is 5.92 Å². The van der Waals surface area contributed by atoms with Crippen LogP contribution in [0.1, 0.15) is 43.7 Å². The van der Waals surface area contributed by atoms with Gasteiger partial charge in [0.2, 0.25) is 11.8 Å². The van der Waals surface area contributed by atoms with E-state index in [0.717, 1.165) is 16.2 Å². The molecular weight excluding hydrogens is 348 g/mol. The molecule has 1 heterocycles. The number of hydrogen-bond acceptors (Lipinski definition) is 4. The number of nitrogens with one attached hydrogen (secondary N) is 2. The number of rotatable bonds is 9. The molecule has 5 nitrogen and oxygen atoms in total. The molecule has 1 aromatic carbocycles. The van der Waals surface area contributed by atoms with Gasteiger partial charge in [-0.3, -0.25) is 9.59 Å². The van der Waals surface area contributed by atoms with E-state index in [2.05, 4.69) is 24.5 Å². The van der Waals surface area contributed by atoms with Crippen molar-refractivity contribution in [3.63, 3.8) is 0 Å². The molecule has 1 atom stereocenters. The van der Waals surface area contributed by atoms with Crippen molar-refractivity contribution >= 4 is 23.2 Å². The zero-order valence-corrected chi connectivity index (χ0v) is 16.3. The first-order valence-corrected chi connectivity index (χ1v) is 9.61. The van der Waals surface area contributed by atoms with Gasteiger partial charge in [0.1, 0.15) is 5.75 Å². The highest BCUT2D eigenvalue weighted by molar-refractivity contribution is 7.10. The zero-order chi connectivity index (χ0) is 18.9. The molecule has 0 bridgehead atoms. The van der Waals surface area contributed by atoms with Gasteiger partial charge in [0, 0.05) is 18.3 Å². The molecule has 0 saturated heterocycles. The SMILES string of the molecule is CC(=O)NC(CC(=O)NCc1ccc(OCC(C)C)cc1)c1cccs1. The van der Waals surface area contributed by atoms with E-state index >= 15 is 0 Å². The van der Waals surface area contributed by atoms with E-state index < -0.39 is 0 Å². The molecule has 0 saturated carbocycles. The Balaban J connectivity index is 1.84. The Kier molecular flexibility index (Phi) is 7.66. The minimum absolute atomic E-state index is 0.0997. The van der Waals surface area contributed by atoms with Crippen molar-refractivity contribution in [1.29, 1.82) is 0 Å². The van der Waals surface area contributed by atoms with Gasteiger partial charge in [-0.1, -0.05) is 32.0 Å². The molecule has 140 valence electrons. The van der Waals surface area contributed by atoms with Crippen molar-refractivity contribution in [2.45, 2.75) is 39.8 Å². The summed E-state index contributed by atoms with van der Waals surface area (Å²) in [6.45, 7) is 6.80. The average molecular weight is 375 g/mol. The van der Waals surface area contributed by atoms with E-state index in [4.69, 9.17) is 4.74 Å². The lowest BCUT2D eigenvalue weighted by Gasteiger charge is -2.16. The highest BCUT2D eigenvalue weighted by Gasteiger charge is 2.17. The number of hydrogen-bond donors (Lipinski definition) is 2. The lowest BCUT2D eigenvalue weighted by atomic mass is 10.1. The van der Waals surface area contributed by atoms with Gasteiger partial charge >= 0.3 is 0 Å². The summed E-state index contributed by atoms with van der Waals surface area (Å²) in [5.74, 6) is 1.07. The summed E-state index contributed by atoms with van der Waals surface area (Å²) in [6.07, 6.45) is 0.218. The Morgan fingerprint density at radius 2 is 1.88 bits per heavy atom. The highest BCUT2D eigenvalue weighted by atomic mass is 32.1. The largest absolute Gasteiger partial charge is 0.493 e. The van der Waals surface area contributed by atoms with Gasteiger partial charge in [-0.2, -0.15) is 0 Å².